The summed E-state index contributed by atoms with van der Waals surface area (Å²) < 4.78 is 0. The zero-order valence-corrected chi connectivity index (χ0v) is 13.7. The SMILES string of the molecule is CC(=O)Nc1ccc(SCC(=O)Nc2ccc(C(=O)O)cc2)cc1. The molecule has 0 aliphatic heterocycles. The Kier molecular flexibility index (Phi) is 5.97. The quantitative estimate of drug-likeness (QED) is 0.700. The number of carbonyl (C=O) groups excluding carboxylic acids is 2. The van der Waals surface area contributed by atoms with Gasteiger partial charge < -0.3 is 15.7 Å². The van der Waals surface area contributed by atoms with Crippen molar-refractivity contribution in [3.05, 3.63) is 54.1 Å². The molecule has 2 amide bonds. The minimum Gasteiger partial charge on any atom is -0.478 e. The highest BCUT2D eigenvalue weighted by molar-refractivity contribution is 8.00. The van der Waals surface area contributed by atoms with Crippen LogP contribution in [-0.4, -0.2) is 28.6 Å². The van der Waals surface area contributed by atoms with E-state index in [2.05, 4.69) is 10.6 Å². The van der Waals surface area contributed by atoms with Crippen molar-refractivity contribution in [2.45, 2.75) is 11.8 Å². The monoisotopic (exact) mass is 344 g/mol. The molecule has 0 aliphatic carbocycles. The van der Waals surface area contributed by atoms with Crippen LogP contribution in [0.2, 0.25) is 0 Å². The average Bonchev–Trinajstić information content (AvgIpc) is 2.54. The lowest BCUT2D eigenvalue weighted by Crippen LogP contribution is -2.14. The van der Waals surface area contributed by atoms with E-state index >= 15 is 0 Å². The van der Waals surface area contributed by atoms with Gasteiger partial charge in [-0.1, -0.05) is 0 Å². The summed E-state index contributed by atoms with van der Waals surface area (Å²) in [6.45, 7) is 1.44. The van der Waals surface area contributed by atoms with Gasteiger partial charge in [-0.25, -0.2) is 4.79 Å². The molecule has 0 heterocycles. The number of benzene rings is 2. The van der Waals surface area contributed by atoms with Crippen LogP contribution in [0.4, 0.5) is 11.4 Å². The molecule has 0 bridgehead atoms. The fourth-order valence-electron chi connectivity index (χ4n) is 1.88. The zero-order valence-electron chi connectivity index (χ0n) is 12.9. The molecular formula is C17H16N2O4S. The van der Waals surface area contributed by atoms with Crippen molar-refractivity contribution in [1.29, 1.82) is 0 Å². The molecule has 0 fully saturated rings. The van der Waals surface area contributed by atoms with Crippen molar-refractivity contribution in [2.24, 2.45) is 0 Å². The van der Waals surface area contributed by atoms with Crippen LogP contribution in [0, 0.1) is 0 Å². The highest BCUT2D eigenvalue weighted by Gasteiger charge is 2.06. The molecule has 0 spiro atoms. The van der Waals surface area contributed by atoms with Crippen molar-refractivity contribution in [2.75, 3.05) is 16.4 Å². The molecule has 0 atom stereocenters. The van der Waals surface area contributed by atoms with Gasteiger partial charge in [0.2, 0.25) is 11.8 Å². The summed E-state index contributed by atoms with van der Waals surface area (Å²) in [4.78, 5) is 34.5. The number of thioether (sulfide) groups is 1. The zero-order chi connectivity index (χ0) is 17.5. The van der Waals surface area contributed by atoms with Crippen molar-refractivity contribution >= 4 is 40.9 Å². The highest BCUT2D eigenvalue weighted by Crippen LogP contribution is 2.20. The minimum absolute atomic E-state index is 0.135. The molecule has 0 saturated heterocycles. The third kappa shape index (κ3) is 5.44. The topological polar surface area (TPSA) is 95.5 Å². The normalized spacial score (nSPS) is 10.0. The Morgan fingerprint density at radius 2 is 1.46 bits per heavy atom. The predicted octanol–water partition coefficient (Wildman–Crippen LogP) is 3.07. The Morgan fingerprint density at radius 1 is 0.917 bits per heavy atom. The molecule has 2 aromatic rings. The number of nitrogens with one attached hydrogen (secondary N) is 2. The number of aromatic carboxylic acids is 1. The maximum absolute atomic E-state index is 11.9. The summed E-state index contributed by atoms with van der Waals surface area (Å²) in [5.74, 6) is -1.11. The van der Waals surface area contributed by atoms with Crippen LogP contribution in [0.25, 0.3) is 0 Å². The van der Waals surface area contributed by atoms with E-state index < -0.39 is 5.97 Å². The summed E-state index contributed by atoms with van der Waals surface area (Å²) in [6.07, 6.45) is 0. The van der Waals surface area contributed by atoms with Crippen molar-refractivity contribution in [1.82, 2.24) is 0 Å². The number of carboxylic acids is 1. The number of rotatable bonds is 6. The lowest BCUT2D eigenvalue weighted by Gasteiger charge is -2.06. The van der Waals surface area contributed by atoms with Gasteiger partial charge in [-0.3, -0.25) is 9.59 Å². The number of carboxylic acid groups (broad SMARTS) is 1. The Bertz CT molecular complexity index is 742. The van der Waals surface area contributed by atoms with Gasteiger partial charge in [0.15, 0.2) is 0 Å². The second-order valence-corrected chi connectivity index (χ2v) is 5.97. The van der Waals surface area contributed by atoms with Crippen LogP contribution in [0.15, 0.2) is 53.4 Å². The van der Waals surface area contributed by atoms with Crippen LogP contribution in [0.5, 0.6) is 0 Å². The third-order valence-corrected chi connectivity index (χ3v) is 3.97. The Morgan fingerprint density at radius 3 is 2.00 bits per heavy atom. The maximum Gasteiger partial charge on any atom is 0.335 e. The average molecular weight is 344 g/mol. The molecule has 0 unspecified atom stereocenters. The van der Waals surface area contributed by atoms with Crippen LogP contribution in [0.3, 0.4) is 0 Å². The summed E-state index contributed by atoms with van der Waals surface area (Å²) in [5.41, 5.74) is 1.42. The molecule has 0 saturated carbocycles. The van der Waals surface area contributed by atoms with Gasteiger partial charge in [0.25, 0.3) is 0 Å². The first-order valence-electron chi connectivity index (χ1n) is 7.08. The molecule has 0 aromatic heterocycles. The largest absolute Gasteiger partial charge is 0.478 e. The molecule has 7 heteroatoms. The Labute approximate surface area is 143 Å². The maximum atomic E-state index is 11.9. The Hall–Kier alpha value is -2.80. The fourth-order valence-corrected chi connectivity index (χ4v) is 2.58. The number of carbonyl (C=O) groups is 3. The first-order chi connectivity index (χ1) is 11.4. The lowest BCUT2D eigenvalue weighted by molar-refractivity contribution is -0.114. The van der Waals surface area contributed by atoms with Gasteiger partial charge in [0.1, 0.15) is 0 Å². The van der Waals surface area contributed by atoms with Crippen molar-refractivity contribution < 1.29 is 19.5 Å². The van der Waals surface area contributed by atoms with E-state index in [0.717, 1.165) is 4.90 Å². The molecule has 24 heavy (non-hydrogen) atoms. The van der Waals surface area contributed by atoms with Gasteiger partial charge in [-0.05, 0) is 48.5 Å². The first-order valence-corrected chi connectivity index (χ1v) is 8.06. The lowest BCUT2D eigenvalue weighted by atomic mass is 10.2. The molecule has 3 N–H and O–H groups in total. The summed E-state index contributed by atoms with van der Waals surface area (Å²) in [5, 5.41) is 14.2. The second kappa shape index (κ2) is 8.16. The molecule has 0 radical (unpaired) electrons. The third-order valence-electron chi connectivity index (χ3n) is 2.96. The van der Waals surface area contributed by atoms with E-state index in [9.17, 15) is 14.4 Å². The van der Waals surface area contributed by atoms with Crippen LogP contribution >= 0.6 is 11.8 Å². The van der Waals surface area contributed by atoms with E-state index in [0.29, 0.717) is 11.4 Å². The summed E-state index contributed by atoms with van der Waals surface area (Å²) in [6, 6.07) is 13.2. The summed E-state index contributed by atoms with van der Waals surface area (Å²) >= 11 is 1.36. The molecule has 2 aromatic carbocycles. The van der Waals surface area contributed by atoms with E-state index in [4.69, 9.17) is 5.11 Å². The van der Waals surface area contributed by atoms with E-state index in [1.165, 1.54) is 30.8 Å². The molecular weight excluding hydrogens is 328 g/mol. The van der Waals surface area contributed by atoms with Gasteiger partial charge in [0.05, 0.1) is 11.3 Å². The number of hydrogen-bond donors (Lipinski definition) is 3. The van der Waals surface area contributed by atoms with Gasteiger partial charge in [-0.15, -0.1) is 11.8 Å². The second-order valence-electron chi connectivity index (χ2n) is 4.92. The van der Waals surface area contributed by atoms with Crippen LogP contribution in [-0.2, 0) is 9.59 Å². The van der Waals surface area contributed by atoms with Gasteiger partial charge >= 0.3 is 5.97 Å². The fraction of sp³-hybridized carbons (Fsp3) is 0.118. The van der Waals surface area contributed by atoms with Crippen LogP contribution < -0.4 is 10.6 Å². The van der Waals surface area contributed by atoms with Gasteiger partial charge in [-0.2, -0.15) is 0 Å². The van der Waals surface area contributed by atoms with Crippen molar-refractivity contribution in [3.8, 4) is 0 Å². The predicted molar refractivity (Wildman–Crippen MR) is 93.5 cm³/mol. The number of amides is 2. The number of anilines is 2. The first kappa shape index (κ1) is 17.6. The van der Waals surface area contributed by atoms with E-state index in [1.54, 1.807) is 24.3 Å². The van der Waals surface area contributed by atoms with E-state index in [1.807, 2.05) is 12.1 Å². The standard InChI is InChI=1S/C17H16N2O4S/c1-11(20)18-13-6-8-15(9-7-13)24-10-16(21)19-14-4-2-12(3-5-14)17(22)23/h2-9H,10H2,1H3,(H,18,20)(H,19,21)(H,22,23). The van der Waals surface area contributed by atoms with Gasteiger partial charge in [0, 0.05) is 23.2 Å². The Balaban J connectivity index is 1.84. The van der Waals surface area contributed by atoms with E-state index in [-0.39, 0.29) is 23.1 Å². The molecule has 6 nitrogen and oxygen atoms in total. The molecule has 124 valence electrons. The molecule has 0 aliphatic rings. The smallest absolute Gasteiger partial charge is 0.335 e. The van der Waals surface area contributed by atoms with Crippen molar-refractivity contribution in [3.63, 3.8) is 0 Å². The molecule has 2 rings (SSSR count). The number of hydrogen-bond acceptors (Lipinski definition) is 4. The minimum atomic E-state index is -1.01. The van der Waals surface area contributed by atoms with Crippen LogP contribution in [0.1, 0.15) is 17.3 Å². The highest BCUT2D eigenvalue weighted by atomic mass is 32.2. The summed E-state index contributed by atoms with van der Waals surface area (Å²) in [7, 11) is 0.